The molecule has 0 radical (unpaired) electrons. The number of aliphatic carboxylic acids is 1. The molecule has 1 aliphatic heterocycles. The van der Waals surface area contributed by atoms with Crippen molar-refractivity contribution in [1.82, 2.24) is 10.2 Å². The molecule has 21 heavy (non-hydrogen) atoms. The largest absolute Gasteiger partial charge is 0.480 e. The van der Waals surface area contributed by atoms with E-state index in [4.69, 9.17) is 9.52 Å². The summed E-state index contributed by atoms with van der Waals surface area (Å²) in [6, 6.07) is 2.48. The number of hydrogen-bond acceptors (Lipinski definition) is 4. The number of carbonyl (C=O) groups excluding carboxylic acids is 2. The first kappa shape index (κ1) is 15.1. The van der Waals surface area contributed by atoms with E-state index in [-0.39, 0.29) is 24.0 Å². The maximum atomic E-state index is 12.0. The van der Waals surface area contributed by atoms with Crippen LogP contribution in [0.15, 0.2) is 22.8 Å². The Morgan fingerprint density at radius 2 is 2.24 bits per heavy atom. The van der Waals surface area contributed by atoms with E-state index < -0.39 is 12.0 Å². The molecule has 2 heterocycles. The summed E-state index contributed by atoms with van der Waals surface area (Å²) in [4.78, 5) is 36.0. The molecule has 0 saturated carbocycles. The monoisotopic (exact) mass is 294 g/mol. The minimum atomic E-state index is -0.952. The Kier molecular flexibility index (Phi) is 4.97. The predicted molar refractivity (Wildman–Crippen MR) is 72.6 cm³/mol. The number of nitrogens with zero attached hydrogens (tertiary/aromatic N) is 1. The van der Waals surface area contributed by atoms with Gasteiger partial charge in [0, 0.05) is 19.5 Å². The van der Waals surface area contributed by atoms with E-state index >= 15 is 0 Å². The van der Waals surface area contributed by atoms with E-state index in [1.54, 1.807) is 12.1 Å². The molecule has 7 heteroatoms. The van der Waals surface area contributed by atoms with Crippen molar-refractivity contribution >= 4 is 17.8 Å². The molecule has 1 fully saturated rings. The van der Waals surface area contributed by atoms with Gasteiger partial charge in [0.2, 0.25) is 5.91 Å². The fourth-order valence-electron chi connectivity index (χ4n) is 2.40. The van der Waals surface area contributed by atoms with Crippen molar-refractivity contribution in [2.75, 3.05) is 13.1 Å². The van der Waals surface area contributed by atoms with Gasteiger partial charge >= 0.3 is 5.97 Å². The lowest BCUT2D eigenvalue weighted by Crippen LogP contribution is -2.40. The van der Waals surface area contributed by atoms with Crippen molar-refractivity contribution in [2.24, 2.45) is 0 Å². The number of rotatable bonds is 6. The molecular formula is C14H18N2O5. The van der Waals surface area contributed by atoms with Crippen LogP contribution in [0.25, 0.3) is 0 Å². The predicted octanol–water partition coefficient (Wildman–Crippen LogP) is 0.865. The van der Waals surface area contributed by atoms with Crippen LogP contribution in [-0.2, 0) is 9.59 Å². The molecule has 1 aromatic heterocycles. The van der Waals surface area contributed by atoms with Gasteiger partial charge in [0.15, 0.2) is 5.76 Å². The number of carboxylic acid groups (broad SMARTS) is 1. The third kappa shape index (κ3) is 3.84. The number of nitrogens with one attached hydrogen (secondary N) is 1. The SMILES string of the molecule is O=C(NCCCC(=O)N1CCCC1C(=O)O)c1ccco1. The number of carboxylic acids is 1. The Labute approximate surface area is 121 Å². The maximum Gasteiger partial charge on any atom is 0.326 e. The fraction of sp³-hybridized carbons (Fsp3) is 0.500. The van der Waals surface area contributed by atoms with Crippen LogP contribution in [0.4, 0.5) is 0 Å². The molecule has 7 nitrogen and oxygen atoms in total. The Hall–Kier alpha value is -2.31. The van der Waals surface area contributed by atoms with Crippen LogP contribution < -0.4 is 5.32 Å². The van der Waals surface area contributed by atoms with Crippen molar-refractivity contribution in [1.29, 1.82) is 0 Å². The molecule has 2 amide bonds. The molecule has 114 valence electrons. The van der Waals surface area contributed by atoms with E-state index in [1.807, 2.05) is 0 Å². The van der Waals surface area contributed by atoms with Crippen molar-refractivity contribution in [3.05, 3.63) is 24.2 Å². The summed E-state index contributed by atoms with van der Waals surface area (Å²) in [6.45, 7) is 0.839. The van der Waals surface area contributed by atoms with E-state index in [2.05, 4.69) is 5.32 Å². The van der Waals surface area contributed by atoms with Gasteiger partial charge < -0.3 is 19.7 Å². The molecule has 1 atom stereocenters. The minimum absolute atomic E-state index is 0.174. The van der Waals surface area contributed by atoms with Gasteiger partial charge in [-0.2, -0.15) is 0 Å². The Morgan fingerprint density at radius 1 is 1.43 bits per heavy atom. The minimum Gasteiger partial charge on any atom is -0.480 e. The molecule has 1 unspecified atom stereocenters. The topological polar surface area (TPSA) is 99.9 Å². The summed E-state index contributed by atoms with van der Waals surface area (Å²) in [7, 11) is 0. The Morgan fingerprint density at radius 3 is 2.90 bits per heavy atom. The molecule has 0 aromatic carbocycles. The van der Waals surface area contributed by atoms with Gasteiger partial charge in [-0.1, -0.05) is 0 Å². The first-order chi connectivity index (χ1) is 10.1. The smallest absolute Gasteiger partial charge is 0.326 e. The van der Waals surface area contributed by atoms with E-state index in [0.29, 0.717) is 25.9 Å². The molecule has 1 aromatic rings. The molecule has 1 aliphatic rings. The molecule has 1 saturated heterocycles. The summed E-state index contributed by atoms with van der Waals surface area (Å²) in [5, 5.41) is 11.7. The number of likely N-dealkylation sites (tertiary alicyclic amines) is 1. The van der Waals surface area contributed by atoms with Crippen LogP contribution in [0.3, 0.4) is 0 Å². The first-order valence-corrected chi connectivity index (χ1v) is 6.93. The van der Waals surface area contributed by atoms with Crippen LogP contribution in [0.1, 0.15) is 36.2 Å². The average Bonchev–Trinajstić information content (AvgIpc) is 3.12. The highest BCUT2D eigenvalue weighted by Crippen LogP contribution is 2.18. The van der Waals surface area contributed by atoms with Crippen molar-refractivity contribution in [3.8, 4) is 0 Å². The molecule has 2 rings (SSSR count). The number of furan rings is 1. The van der Waals surface area contributed by atoms with Crippen molar-refractivity contribution < 1.29 is 23.9 Å². The normalized spacial score (nSPS) is 17.7. The molecule has 0 spiro atoms. The molecular weight excluding hydrogens is 276 g/mol. The van der Waals surface area contributed by atoms with Gasteiger partial charge in [0.05, 0.1) is 6.26 Å². The van der Waals surface area contributed by atoms with Gasteiger partial charge in [-0.15, -0.1) is 0 Å². The first-order valence-electron chi connectivity index (χ1n) is 6.93. The number of carbonyl (C=O) groups is 3. The van der Waals surface area contributed by atoms with E-state index in [9.17, 15) is 14.4 Å². The fourth-order valence-corrected chi connectivity index (χ4v) is 2.40. The zero-order chi connectivity index (χ0) is 15.2. The van der Waals surface area contributed by atoms with Crippen LogP contribution in [0, 0.1) is 0 Å². The van der Waals surface area contributed by atoms with Gasteiger partial charge in [0.25, 0.3) is 5.91 Å². The van der Waals surface area contributed by atoms with Gasteiger partial charge in [-0.25, -0.2) is 4.79 Å². The number of amides is 2. The second kappa shape index (κ2) is 6.92. The quantitative estimate of drug-likeness (QED) is 0.758. The lowest BCUT2D eigenvalue weighted by atomic mass is 10.2. The van der Waals surface area contributed by atoms with Crippen molar-refractivity contribution in [2.45, 2.75) is 31.7 Å². The summed E-state index contributed by atoms with van der Waals surface area (Å²) in [5.74, 6) is -1.22. The lowest BCUT2D eigenvalue weighted by molar-refractivity contribution is -0.148. The Balaban J connectivity index is 1.70. The highest BCUT2D eigenvalue weighted by atomic mass is 16.4. The van der Waals surface area contributed by atoms with Crippen LogP contribution in [0.5, 0.6) is 0 Å². The van der Waals surface area contributed by atoms with Crippen LogP contribution >= 0.6 is 0 Å². The average molecular weight is 294 g/mol. The van der Waals surface area contributed by atoms with E-state index in [0.717, 1.165) is 6.42 Å². The van der Waals surface area contributed by atoms with Gasteiger partial charge in [0.1, 0.15) is 6.04 Å². The highest BCUT2D eigenvalue weighted by Gasteiger charge is 2.33. The van der Waals surface area contributed by atoms with Crippen LogP contribution in [0.2, 0.25) is 0 Å². The molecule has 0 bridgehead atoms. The highest BCUT2D eigenvalue weighted by molar-refractivity contribution is 5.91. The standard InChI is InChI=1S/C14H18N2O5/c17-12(16-8-2-4-10(16)14(19)20)6-1-7-15-13(18)11-5-3-9-21-11/h3,5,9-10H,1-2,4,6-8H2,(H,15,18)(H,19,20). The zero-order valence-corrected chi connectivity index (χ0v) is 11.6. The van der Waals surface area contributed by atoms with Gasteiger partial charge in [-0.05, 0) is 31.4 Å². The van der Waals surface area contributed by atoms with Crippen molar-refractivity contribution in [3.63, 3.8) is 0 Å². The second-order valence-corrected chi connectivity index (χ2v) is 4.92. The summed E-state index contributed by atoms with van der Waals surface area (Å²) >= 11 is 0. The van der Waals surface area contributed by atoms with Gasteiger partial charge in [-0.3, -0.25) is 9.59 Å². The summed E-state index contributed by atoms with van der Waals surface area (Å²) in [5.41, 5.74) is 0. The zero-order valence-electron chi connectivity index (χ0n) is 11.6. The number of hydrogen-bond donors (Lipinski definition) is 2. The summed E-state index contributed by atoms with van der Waals surface area (Å²) in [6.07, 6.45) is 3.34. The third-order valence-corrected chi connectivity index (χ3v) is 3.46. The lowest BCUT2D eigenvalue weighted by Gasteiger charge is -2.21. The third-order valence-electron chi connectivity index (χ3n) is 3.46. The van der Waals surface area contributed by atoms with E-state index in [1.165, 1.54) is 11.2 Å². The maximum absolute atomic E-state index is 12.0. The summed E-state index contributed by atoms with van der Waals surface area (Å²) < 4.78 is 4.94. The molecule has 0 aliphatic carbocycles. The van der Waals surface area contributed by atoms with Crippen LogP contribution in [-0.4, -0.2) is 46.9 Å². The molecule has 2 N–H and O–H groups in total. The Bertz CT molecular complexity index is 511. The second-order valence-electron chi connectivity index (χ2n) is 4.92.